The Labute approximate surface area is 160 Å². The van der Waals surface area contributed by atoms with Crippen molar-refractivity contribution in [2.24, 2.45) is 0 Å². The molecule has 0 aromatic heterocycles. The van der Waals surface area contributed by atoms with Crippen LogP contribution in [0.3, 0.4) is 0 Å². The first-order chi connectivity index (χ1) is 13.4. The first-order valence-corrected chi connectivity index (χ1v) is 8.83. The molecule has 0 radical (unpaired) electrons. The SMILES string of the molecule is O=C(COc1ccc(CO)cc1)N1CCC(OC2=CC=CNC2C(F)(F)F)C1. The van der Waals surface area contributed by atoms with E-state index >= 15 is 0 Å². The van der Waals surface area contributed by atoms with Gasteiger partial charge in [-0.15, -0.1) is 0 Å². The van der Waals surface area contributed by atoms with Crippen LogP contribution in [0.5, 0.6) is 5.75 Å². The number of ether oxygens (including phenoxy) is 2. The Kier molecular flexibility index (Phi) is 6.13. The van der Waals surface area contributed by atoms with Crippen LogP contribution in [0.15, 0.2) is 48.4 Å². The molecule has 0 bridgehead atoms. The largest absolute Gasteiger partial charge is 0.490 e. The highest BCUT2D eigenvalue weighted by Crippen LogP contribution is 2.29. The summed E-state index contributed by atoms with van der Waals surface area (Å²) < 4.78 is 50.2. The van der Waals surface area contributed by atoms with Crippen molar-refractivity contribution < 1.29 is 32.5 Å². The molecule has 2 atom stereocenters. The van der Waals surface area contributed by atoms with E-state index in [1.54, 1.807) is 24.3 Å². The van der Waals surface area contributed by atoms with Crippen LogP contribution in [0.1, 0.15) is 12.0 Å². The summed E-state index contributed by atoms with van der Waals surface area (Å²) in [6.45, 7) is 0.343. The van der Waals surface area contributed by atoms with Crippen LogP contribution in [-0.4, -0.2) is 53.9 Å². The quantitative estimate of drug-likeness (QED) is 0.768. The molecule has 152 valence electrons. The van der Waals surface area contributed by atoms with E-state index in [4.69, 9.17) is 14.6 Å². The first kappa shape index (κ1) is 20.1. The van der Waals surface area contributed by atoms with Crippen molar-refractivity contribution in [3.63, 3.8) is 0 Å². The number of halogens is 3. The molecule has 2 aliphatic rings. The van der Waals surface area contributed by atoms with E-state index in [0.717, 1.165) is 5.56 Å². The molecule has 0 saturated carbocycles. The summed E-state index contributed by atoms with van der Waals surface area (Å²) in [5, 5.41) is 11.3. The van der Waals surface area contributed by atoms with Crippen LogP contribution >= 0.6 is 0 Å². The number of rotatable bonds is 6. The molecule has 2 unspecified atom stereocenters. The predicted octanol–water partition coefficient (Wildman–Crippen LogP) is 2.11. The van der Waals surface area contributed by atoms with Gasteiger partial charge in [0.15, 0.2) is 12.6 Å². The lowest BCUT2D eigenvalue weighted by molar-refractivity contribution is -0.155. The van der Waals surface area contributed by atoms with Gasteiger partial charge in [0, 0.05) is 13.0 Å². The predicted molar refractivity (Wildman–Crippen MR) is 94.1 cm³/mol. The zero-order chi connectivity index (χ0) is 20.1. The number of aliphatic hydroxyl groups excluding tert-OH is 1. The Morgan fingerprint density at radius 3 is 2.71 bits per heavy atom. The van der Waals surface area contributed by atoms with E-state index in [0.29, 0.717) is 18.7 Å². The monoisotopic (exact) mass is 398 g/mol. The maximum atomic E-state index is 13.1. The third kappa shape index (κ3) is 4.98. The third-order valence-electron chi connectivity index (χ3n) is 4.50. The molecular formula is C19H21F3N2O4. The molecule has 9 heteroatoms. The highest BCUT2D eigenvalue weighted by molar-refractivity contribution is 5.78. The fraction of sp³-hybridized carbons (Fsp3) is 0.421. The van der Waals surface area contributed by atoms with Gasteiger partial charge in [-0.25, -0.2) is 0 Å². The molecule has 1 fully saturated rings. The minimum Gasteiger partial charge on any atom is -0.490 e. The molecular weight excluding hydrogens is 377 g/mol. The summed E-state index contributed by atoms with van der Waals surface area (Å²) in [7, 11) is 0. The van der Waals surface area contributed by atoms with Crippen molar-refractivity contribution in [1.82, 2.24) is 10.2 Å². The molecule has 28 heavy (non-hydrogen) atoms. The van der Waals surface area contributed by atoms with Gasteiger partial charge in [0.1, 0.15) is 17.6 Å². The fourth-order valence-electron chi connectivity index (χ4n) is 3.01. The molecule has 3 rings (SSSR count). The van der Waals surface area contributed by atoms with E-state index in [2.05, 4.69) is 5.32 Å². The lowest BCUT2D eigenvalue weighted by Crippen LogP contribution is -2.44. The second kappa shape index (κ2) is 8.55. The zero-order valence-electron chi connectivity index (χ0n) is 15.0. The van der Waals surface area contributed by atoms with E-state index in [1.165, 1.54) is 23.3 Å². The van der Waals surface area contributed by atoms with Gasteiger partial charge in [0.25, 0.3) is 5.91 Å². The van der Waals surface area contributed by atoms with Gasteiger partial charge in [-0.05, 0) is 36.0 Å². The molecule has 1 saturated heterocycles. The number of alkyl halides is 3. The fourth-order valence-corrected chi connectivity index (χ4v) is 3.01. The minimum absolute atomic E-state index is 0.0781. The Hall–Kier alpha value is -2.68. The Morgan fingerprint density at radius 1 is 1.29 bits per heavy atom. The van der Waals surface area contributed by atoms with Gasteiger partial charge in [0.05, 0.1) is 13.2 Å². The highest BCUT2D eigenvalue weighted by atomic mass is 19.4. The average molecular weight is 398 g/mol. The number of allylic oxidation sites excluding steroid dienone is 2. The Morgan fingerprint density at radius 2 is 2.04 bits per heavy atom. The van der Waals surface area contributed by atoms with E-state index in [-0.39, 0.29) is 31.4 Å². The van der Waals surface area contributed by atoms with Crippen LogP contribution in [0.2, 0.25) is 0 Å². The number of aliphatic hydroxyl groups is 1. The van der Waals surface area contributed by atoms with Crippen LogP contribution in [-0.2, 0) is 16.1 Å². The average Bonchev–Trinajstić information content (AvgIpc) is 3.14. The van der Waals surface area contributed by atoms with Gasteiger partial charge >= 0.3 is 6.18 Å². The van der Waals surface area contributed by atoms with Crippen LogP contribution in [0.25, 0.3) is 0 Å². The lowest BCUT2D eigenvalue weighted by atomic mass is 10.1. The topological polar surface area (TPSA) is 71.0 Å². The normalized spacial score (nSPS) is 21.9. The number of dihydropyridines is 1. The van der Waals surface area contributed by atoms with Crippen LogP contribution in [0, 0.1) is 0 Å². The number of hydrogen-bond donors (Lipinski definition) is 2. The molecule has 2 aliphatic heterocycles. The van der Waals surface area contributed by atoms with E-state index in [9.17, 15) is 18.0 Å². The lowest BCUT2D eigenvalue weighted by Gasteiger charge is -2.27. The zero-order valence-corrected chi connectivity index (χ0v) is 15.0. The number of amides is 1. The molecule has 0 spiro atoms. The highest BCUT2D eigenvalue weighted by Gasteiger charge is 2.44. The maximum absolute atomic E-state index is 13.1. The molecule has 6 nitrogen and oxygen atoms in total. The van der Waals surface area contributed by atoms with E-state index < -0.39 is 18.3 Å². The van der Waals surface area contributed by atoms with E-state index in [1.807, 2.05) is 0 Å². The van der Waals surface area contributed by atoms with Gasteiger partial charge in [0.2, 0.25) is 0 Å². The Bertz CT molecular complexity index is 747. The number of likely N-dealkylation sites (tertiary alicyclic amines) is 1. The van der Waals surface area contributed by atoms with Crippen LogP contribution in [0.4, 0.5) is 13.2 Å². The number of benzene rings is 1. The number of carbonyl (C=O) groups is 1. The minimum atomic E-state index is -4.47. The molecule has 2 N–H and O–H groups in total. The van der Waals surface area contributed by atoms with Gasteiger partial charge in [-0.2, -0.15) is 13.2 Å². The third-order valence-corrected chi connectivity index (χ3v) is 4.50. The smallest absolute Gasteiger partial charge is 0.415 e. The van der Waals surface area contributed by atoms with Gasteiger partial charge < -0.3 is 24.8 Å². The number of nitrogens with zero attached hydrogens (tertiary/aromatic N) is 1. The standard InChI is InChI=1S/C19H21F3N2O4/c20-19(21,22)18-16(2-1-8-23-18)28-15-7-9-24(10-15)17(26)12-27-14-5-3-13(11-25)4-6-14/h1-6,8,15,18,23,25H,7,9-12H2. The van der Waals surface area contributed by atoms with Crippen molar-refractivity contribution in [2.75, 3.05) is 19.7 Å². The van der Waals surface area contributed by atoms with Crippen molar-refractivity contribution in [1.29, 1.82) is 0 Å². The molecule has 1 amide bonds. The second-order valence-electron chi connectivity index (χ2n) is 6.53. The molecule has 0 aliphatic carbocycles. The van der Waals surface area contributed by atoms with Crippen molar-refractivity contribution >= 4 is 5.91 Å². The van der Waals surface area contributed by atoms with Crippen molar-refractivity contribution in [3.05, 3.63) is 53.9 Å². The number of nitrogens with one attached hydrogen (secondary N) is 1. The summed E-state index contributed by atoms with van der Waals surface area (Å²) in [5.74, 6) is 0.0330. The summed E-state index contributed by atoms with van der Waals surface area (Å²) in [5.41, 5.74) is 0.733. The van der Waals surface area contributed by atoms with Crippen LogP contribution < -0.4 is 10.1 Å². The summed E-state index contributed by atoms with van der Waals surface area (Å²) in [6.07, 6.45) is -0.562. The molecule has 1 aromatic carbocycles. The second-order valence-corrected chi connectivity index (χ2v) is 6.53. The Balaban J connectivity index is 1.49. The maximum Gasteiger partial charge on any atom is 0.415 e. The van der Waals surface area contributed by atoms with Crippen molar-refractivity contribution in [3.8, 4) is 5.75 Å². The van der Waals surface area contributed by atoms with Crippen molar-refractivity contribution in [2.45, 2.75) is 31.3 Å². The number of hydrogen-bond acceptors (Lipinski definition) is 5. The molecule has 2 heterocycles. The van der Waals surface area contributed by atoms with Gasteiger partial charge in [-0.3, -0.25) is 4.79 Å². The number of carbonyl (C=O) groups excluding carboxylic acids is 1. The van der Waals surface area contributed by atoms with Gasteiger partial charge in [-0.1, -0.05) is 12.1 Å². The summed E-state index contributed by atoms with van der Waals surface area (Å²) in [6, 6.07) is 4.81. The summed E-state index contributed by atoms with van der Waals surface area (Å²) >= 11 is 0. The summed E-state index contributed by atoms with van der Waals surface area (Å²) in [4.78, 5) is 13.8. The molecule has 1 aromatic rings. The first-order valence-electron chi connectivity index (χ1n) is 8.83.